The van der Waals surface area contributed by atoms with Crippen molar-refractivity contribution in [2.24, 2.45) is 0 Å². The van der Waals surface area contributed by atoms with Crippen LogP contribution in [0.25, 0.3) is 11.4 Å². The van der Waals surface area contributed by atoms with E-state index in [1.54, 1.807) is 53.7 Å². The van der Waals surface area contributed by atoms with Crippen molar-refractivity contribution in [2.75, 3.05) is 10.6 Å². The Labute approximate surface area is 189 Å². The van der Waals surface area contributed by atoms with Crippen molar-refractivity contribution >= 4 is 29.1 Å². The predicted octanol–water partition coefficient (Wildman–Crippen LogP) is 4.32. The fourth-order valence-electron chi connectivity index (χ4n) is 3.68. The van der Waals surface area contributed by atoms with Gasteiger partial charge >= 0.3 is 0 Å². The summed E-state index contributed by atoms with van der Waals surface area (Å²) in [6.45, 7) is 1.85. The second-order valence-electron chi connectivity index (χ2n) is 7.26. The lowest BCUT2D eigenvalue weighted by molar-refractivity contribution is -0.113. The Morgan fingerprint density at radius 3 is 2.69 bits per heavy atom. The summed E-state index contributed by atoms with van der Waals surface area (Å²) < 4.78 is 1.72. The minimum Gasteiger partial charge on any atom is -0.328 e. The van der Waals surface area contributed by atoms with Crippen LogP contribution < -0.4 is 10.6 Å². The first kappa shape index (κ1) is 19.9. The van der Waals surface area contributed by atoms with Crippen LogP contribution >= 0.6 is 11.6 Å². The summed E-state index contributed by atoms with van der Waals surface area (Å²) in [5.41, 5.74) is 3.46. The van der Waals surface area contributed by atoms with Crippen molar-refractivity contribution in [2.45, 2.75) is 13.0 Å². The fourth-order valence-corrected chi connectivity index (χ4v) is 3.87. The summed E-state index contributed by atoms with van der Waals surface area (Å²) in [7, 11) is 0. The molecule has 0 bridgehead atoms. The Morgan fingerprint density at radius 1 is 1.09 bits per heavy atom. The summed E-state index contributed by atoms with van der Waals surface area (Å²) in [4.78, 5) is 26.2. The van der Waals surface area contributed by atoms with Gasteiger partial charge in [-0.15, -0.1) is 5.10 Å². The van der Waals surface area contributed by atoms with Gasteiger partial charge in [0.15, 0.2) is 5.82 Å². The van der Waals surface area contributed by atoms with E-state index in [-0.39, 0.29) is 5.91 Å². The van der Waals surface area contributed by atoms with E-state index in [4.69, 9.17) is 16.7 Å². The lowest BCUT2D eigenvalue weighted by Gasteiger charge is -2.28. The molecule has 1 aliphatic rings. The van der Waals surface area contributed by atoms with E-state index >= 15 is 0 Å². The molecule has 0 aliphatic carbocycles. The van der Waals surface area contributed by atoms with Gasteiger partial charge in [0.2, 0.25) is 5.95 Å². The van der Waals surface area contributed by atoms with Crippen molar-refractivity contribution in [3.05, 3.63) is 95.2 Å². The number of pyridine rings is 2. The van der Waals surface area contributed by atoms with Crippen LogP contribution in [0.4, 0.5) is 11.6 Å². The van der Waals surface area contributed by atoms with E-state index in [1.165, 1.54) is 0 Å². The number of nitrogens with zero attached hydrogens (tertiary/aromatic N) is 5. The maximum absolute atomic E-state index is 13.4. The second-order valence-corrected chi connectivity index (χ2v) is 7.69. The van der Waals surface area contributed by atoms with Gasteiger partial charge in [-0.05, 0) is 48.9 Å². The quantitative estimate of drug-likeness (QED) is 0.487. The van der Waals surface area contributed by atoms with Gasteiger partial charge in [-0.25, -0.2) is 4.68 Å². The van der Waals surface area contributed by atoms with Crippen molar-refractivity contribution in [1.82, 2.24) is 24.7 Å². The summed E-state index contributed by atoms with van der Waals surface area (Å²) in [6, 6.07) is 14.1. The zero-order valence-electron chi connectivity index (χ0n) is 17.0. The van der Waals surface area contributed by atoms with Crippen molar-refractivity contribution in [1.29, 1.82) is 0 Å². The average molecular weight is 444 g/mol. The van der Waals surface area contributed by atoms with Crippen LogP contribution in [0.3, 0.4) is 0 Å². The third-order valence-corrected chi connectivity index (χ3v) is 5.36. The highest BCUT2D eigenvalue weighted by Crippen LogP contribution is 2.36. The molecule has 1 atom stereocenters. The Kier molecular flexibility index (Phi) is 5.12. The highest BCUT2D eigenvalue weighted by molar-refractivity contribution is 6.30. The van der Waals surface area contributed by atoms with Crippen molar-refractivity contribution in [3.8, 4) is 11.4 Å². The Morgan fingerprint density at radius 2 is 1.94 bits per heavy atom. The Bertz CT molecular complexity index is 1320. The van der Waals surface area contributed by atoms with Gasteiger partial charge in [0, 0.05) is 34.9 Å². The normalized spacial score (nSPS) is 15.1. The van der Waals surface area contributed by atoms with E-state index in [9.17, 15) is 4.79 Å². The summed E-state index contributed by atoms with van der Waals surface area (Å²) in [5, 5.41) is 11.5. The SMILES string of the molecule is CC1=C(C(=O)Nc2cccnc2)[C@H](c2ccncc2)n2nc(-c3cccc(Cl)c3)nc2N1. The van der Waals surface area contributed by atoms with E-state index in [1.807, 2.05) is 31.2 Å². The molecular weight excluding hydrogens is 426 g/mol. The van der Waals surface area contributed by atoms with E-state index < -0.39 is 6.04 Å². The number of allylic oxidation sites excluding steroid dienone is 1. The molecule has 0 spiro atoms. The zero-order valence-corrected chi connectivity index (χ0v) is 17.8. The van der Waals surface area contributed by atoms with Crippen LogP contribution in [0, 0.1) is 0 Å². The molecule has 9 heteroatoms. The number of halogens is 1. The molecule has 3 aromatic heterocycles. The summed E-state index contributed by atoms with van der Waals surface area (Å²) in [5.74, 6) is 0.795. The molecule has 0 fully saturated rings. The highest BCUT2D eigenvalue weighted by atomic mass is 35.5. The lowest BCUT2D eigenvalue weighted by atomic mass is 9.96. The average Bonchev–Trinajstić information content (AvgIpc) is 3.23. The minimum absolute atomic E-state index is 0.254. The number of aromatic nitrogens is 5. The van der Waals surface area contributed by atoms with Gasteiger partial charge in [-0.2, -0.15) is 4.98 Å². The van der Waals surface area contributed by atoms with Crippen molar-refractivity contribution < 1.29 is 4.79 Å². The van der Waals surface area contributed by atoms with Crippen LogP contribution in [0.15, 0.2) is 84.6 Å². The molecule has 5 rings (SSSR count). The lowest BCUT2D eigenvalue weighted by Crippen LogP contribution is -2.31. The number of rotatable bonds is 4. The largest absolute Gasteiger partial charge is 0.328 e. The number of carbonyl (C=O) groups excluding carboxylic acids is 1. The molecule has 0 unspecified atom stereocenters. The molecule has 4 heterocycles. The molecule has 8 nitrogen and oxygen atoms in total. The molecule has 2 N–H and O–H groups in total. The molecule has 158 valence electrons. The molecule has 0 saturated heterocycles. The number of hydrogen-bond donors (Lipinski definition) is 2. The first-order valence-electron chi connectivity index (χ1n) is 9.92. The van der Waals surface area contributed by atoms with Gasteiger partial charge in [0.25, 0.3) is 5.91 Å². The van der Waals surface area contributed by atoms with Gasteiger partial charge in [-0.1, -0.05) is 23.7 Å². The monoisotopic (exact) mass is 443 g/mol. The van der Waals surface area contributed by atoms with E-state index in [0.717, 1.165) is 11.1 Å². The highest BCUT2D eigenvalue weighted by Gasteiger charge is 2.34. The number of fused-ring (bicyclic) bond motifs is 1. The number of anilines is 2. The van der Waals surface area contributed by atoms with E-state index in [0.29, 0.717) is 33.8 Å². The number of nitrogens with one attached hydrogen (secondary N) is 2. The zero-order chi connectivity index (χ0) is 22.1. The molecule has 32 heavy (non-hydrogen) atoms. The Balaban J connectivity index is 1.60. The summed E-state index contributed by atoms with van der Waals surface area (Å²) >= 11 is 6.16. The van der Waals surface area contributed by atoms with Gasteiger partial charge in [0.05, 0.1) is 17.5 Å². The smallest absolute Gasteiger partial charge is 0.255 e. The third-order valence-electron chi connectivity index (χ3n) is 5.12. The van der Waals surface area contributed by atoms with Crippen LogP contribution in [0.1, 0.15) is 18.5 Å². The van der Waals surface area contributed by atoms with Crippen LogP contribution in [0.2, 0.25) is 5.02 Å². The standard InChI is InChI=1S/C23H18ClN7O/c1-14-19(22(32)28-18-6-3-9-26-13-18)20(15-7-10-25-11-8-15)31-23(27-14)29-21(30-31)16-4-2-5-17(24)12-16/h2-13,20H,1H3,(H,28,32)(H,27,29,30)/t20-/m0/s1. The molecule has 4 aromatic rings. The topological polar surface area (TPSA) is 97.6 Å². The molecular formula is C23H18ClN7O. The van der Waals surface area contributed by atoms with Crippen LogP contribution in [-0.2, 0) is 4.79 Å². The number of amides is 1. The molecule has 1 aliphatic heterocycles. The first-order chi connectivity index (χ1) is 15.6. The maximum Gasteiger partial charge on any atom is 0.255 e. The number of hydrogen-bond acceptors (Lipinski definition) is 6. The first-order valence-corrected chi connectivity index (χ1v) is 10.3. The summed E-state index contributed by atoms with van der Waals surface area (Å²) in [6.07, 6.45) is 6.64. The molecule has 1 aromatic carbocycles. The second kappa shape index (κ2) is 8.24. The molecule has 0 saturated carbocycles. The predicted molar refractivity (Wildman–Crippen MR) is 122 cm³/mol. The number of benzene rings is 1. The van der Waals surface area contributed by atoms with Gasteiger partial charge in [-0.3, -0.25) is 14.8 Å². The van der Waals surface area contributed by atoms with Gasteiger partial charge in [0.1, 0.15) is 6.04 Å². The fraction of sp³-hybridized carbons (Fsp3) is 0.0870. The van der Waals surface area contributed by atoms with Gasteiger partial charge < -0.3 is 10.6 Å². The minimum atomic E-state index is -0.494. The molecule has 0 radical (unpaired) electrons. The maximum atomic E-state index is 13.4. The van der Waals surface area contributed by atoms with Crippen molar-refractivity contribution in [3.63, 3.8) is 0 Å². The van der Waals surface area contributed by atoms with E-state index in [2.05, 4.69) is 25.6 Å². The Hall–Kier alpha value is -4.04. The third kappa shape index (κ3) is 3.72. The van der Waals surface area contributed by atoms with Crippen LogP contribution in [-0.4, -0.2) is 30.6 Å². The number of carbonyl (C=O) groups is 1. The molecule has 1 amide bonds. The van der Waals surface area contributed by atoms with Crippen LogP contribution in [0.5, 0.6) is 0 Å².